The minimum Gasteiger partial charge on any atom is -0.356 e. The largest absolute Gasteiger partial charge is 0.356 e. The zero-order valence-corrected chi connectivity index (χ0v) is 10.7. The Kier molecular flexibility index (Phi) is 4.43. The van der Waals surface area contributed by atoms with Gasteiger partial charge < -0.3 is 5.32 Å². The normalized spacial score (nSPS) is 18.5. The average Bonchev–Trinajstić information content (AvgIpc) is 2.38. The first-order chi connectivity index (χ1) is 8.31. The van der Waals surface area contributed by atoms with E-state index in [2.05, 4.69) is 23.5 Å². The highest BCUT2D eigenvalue weighted by Crippen LogP contribution is 2.25. The van der Waals surface area contributed by atoms with Crippen molar-refractivity contribution in [3.63, 3.8) is 0 Å². The van der Waals surface area contributed by atoms with Gasteiger partial charge in [0.2, 0.25) is 5.91 Å². The van der Waals surface area contributed by atoms with Crippen molar-refractivity contribution in [3.8, 4) is 0 Å². The lowest BCUT2D eigenvalue weighted by Gasteiger charge is -2.23. The average molecular weight is 252 g/mol. The molecule has 0 saturated heterocycles. The van der Waals surface area contributed by atoms with Gasteiger partial charge in [0.1, 0.15) is 0 Å². The number of hydrogen-bond donors (Lipinski definition) is 1. The van der Waals surface area contributed by atoms with Crippen molar-refractivity contribution in [3.05, 3.63) is 35.4 Å². The first kappa shape index (κ1) is 12.4. The van der Waals surface area contributed by atoms with Crippen molar-refractivity contribution in [1.29, 1.82) is 0 Å². The summed E-state index contributed by atoms with van der Waals surface area (Å²) in [6, 6.07) is 8.41. The van der Waals surface area contributed by atoms with E-state index in [9.17, 15) is 4.79 Å². The first-order valence-electron chi connectivity index (χ1n) is 6.21. The van der Waals surface area contributed by atoms with E-state index >= 15 is 0 Å². The van der Waals surface area contributed by atoms with Crippen LogP contribution >= 0.6 is 11.6 Å². The summed E-state index contributed by atoms with van der Waals surface area (Å²) in [5.41, 5.74) is 2.73. The summed E-state index contributed by atoms with van der Waals surface area (Å²) in [5, 5.41) is 2.96. The van der Waals surface area contributed by atoms with Crippen molar-refractivity contribution < 1.29 is 4.79 Å². The molecule has 2 nitrogen and oxygen atoms in total. The Labute approximate surface area is 107 Å². The number of amides is 1. The molecule has 0 bridgehead atoms. The molecule has 0 radical (unpaired) electrons. The third-order valence-electron chi connectivity index (χ3n) is 3.33. The van der Waals surface area contributed by atoms with Crippen molar-refractivity contribution in [2.45, 2.75) is 25.7 Å². The van der Waals surface area contributed by atoms with Gasteiger partial charge in [-0.1, -0.05) is 24.3 Å². The van der Waals surface area contributed by atoms with Gasteiger partial charge in [-0.25, -0.2) is 0 Å². The van der Waals surface area contributed by atoms with Crippen molar-refractivity contribution in [2.75, 3.05) is 12.4 Å². The Morgan fingerprint density at radius 3 is 2.88 bits per heavy atom. The van der Waals surface area contributed by atoms with Crippen LogP contribution in [0.3, 0.4) is 0 Å². The molecular weight excluding hydrogens is 234 g/mol. The molecule has 1 unspecified atom stereocenters. The van der Waals surface area contributed by atoms with E-state index in [1.807, 2.05) is 6.07 Å². The van der Waals surface area contributed by atoms with E-state index in [4.69, 9.17) is 11.6 Å². The minimum absolute atomic E-state index is 0.139. The fourth-order valence-electron chi connectivity index (χ4n) is 2.34. The zero-order valence-electron chi connectivity index (χ0n) is 9.92. The Morgan fingerprint density at radius 2 is 2.12 bits per heavy atom. The monoisotopic (exact) mass is 251 g/mol. The Hall–Kier alpha value is -1.02. The molecule has 0 aliphatic heterocycles. The van der Waals surface area contributed by atoms with Crippen LogP contribution in [0.5, 0.6) is 0 Å². The zero-order chi connectivity index (χ0) is 12.1. The summed E-state index contributed by atoms with van der Waals surface area (Å²) in [6.07, 6.45) is 3.70. The van der Waals surface area contributed by atoms with Crippen LogP contribution in [0.25, 0.3) is 0 Å². The Balaban J connectivity index is 1.91. The number of carbonyl (C=O) groups is 1. The summed E-state index contributed by atoms with van der Waals surface area (Å²) in [4.78, 5) is 11.9. The van der Waals surface area contributed by atoms with Gasteiger partial charge in [-0.3, -0.25) is 4.79 Å². The molecule has 2 rings (SSSR count). The molecule has 1 atom stereocenters. The SMILES string of the molecule is O=C(NCCCCl)C1CCc2ccccc2C1. The van der Waals surface area contributed by atoms with E-state index in [1.54, 1.807) is 0 Å². The van der Waals surface area contributed by atoms with E-state index < -0.39 is 0 Å². The van der Waals surface area contributed by atoms with Crippen LogP contribution in [0, 0.1) is 5.92 Å². The van der Waals surface area contributed by atoms with Crippen LogP contribution in [0.2, 0.25) is 0 Å². The van der Waals surface area contributed by atoms with Crippen LogP contribution in [-0.4, -0.2) is 18.3 Å². The summed E-state index contributed by atoms with van der Waals surface area (Å²) in [7, 11) is 0. The van der Waals surface area contributed by atoms with Gasteiger partial charge in [-0.15, -0.1) is 11.6 Å². The smallest absolute Gasteiger partial charge is 0.223 e. The van der Waals surface area contributed by atoms with Gasteiger partial charge >= 0.3 is 0 Å². The highest BCUT2D eigenvalue weighted by atomic mass is 35.5. The molecule has 0 aromatic heterocycles. The van der Waals surface area contributed by atoms with Gasteiger partial charge in [0.15, 0.2) is 0 Å². The predicted octanol–water partition coefficient (Wildman–Crippen LogP) is 2.54. The number of carbonyl (C=O) groups excluding carboxylic acids is 1. The first-order valence-corrected chi connectivity index (χ1v) is 6.75. The number of hydrogen-bond acceptors (Lipinski definition) is 1. The van der Waals surface area contributed by atoms with Crippen LogP contribution in [0.15, 0.2) is 24.3 Å². The number of alkyl halides is 1. The van der Waals surface area contributed by atoms with Gasteiger partial charge in [0.05, 0.1) is 0 Å². The van der Waals surface area contributed by atoms with E-state index in [1.165, 1.54) is 11.1 Å². The van der Waals surface area contributed by atoms with Crippen molar-refractivity contribution in [2.24, 2.45) is 5.92 Å². The lowest BCUT2D eigenvalue weighted by Crippen LogP contribution is -2.34. The van der Waals surface area contributed by atoms with E-state index in [-0.39, 0.29) is 11.8 Å². The van der Waals surface area contributed by atoms with Crippen LogP contribution in [0.1, 0.15) is 24.0 Å². The molecule has 0 heterocycles. The lowest BCUT2D eigenvalue weighted by atomic mass is 9.83. The van der Waals surface area contributed by atoms with Gasteiger partial charge in [-0.2, -0.15) is 0 Å². The second-order valence-corrected chi connectivity index (χ2v) is 4.92. The maximum Gasteiger partial charge on any atom is 0.223 e. The highest BCUT2D eigenvalue weighted by Gasteiger charge is 2.23. The summed E-state index contributed by atoms with van der Waals surface area (Å²) in [5.74, 6) is 0.929. The van der Waals surface area contributed by atoms with Gasteiger partial charge in [0.25, 0.3) is 0 Å². The molecule has 1 amide bonds. The van der Waals surface area contributed by atoms with Gasteiger partial charge in [0, 0.05) is 18.3 Å². The molecule has 1 aliphatic carbocycles. The fourth-order valence-corrected chi connectivity index (χ4v) is 2.48. The van der Waals surface area contributed by atoms with E-state index in [0.717, 1.165) is 25.7 Å². The van der Waals surface area contributed by atoms with Crippen molar-refractivity contribution >= 4 is 17.5 Å². The number of nitrogens with one attached hydrogen (secondary N) is 1. The molecule has 17 heavy (non-hydrogen) atoms. The maximum absolute atomic E-state index is 11.9. The number of aryl methyl sites for hydroxylation is 1. The third-order valence-corrected chi connectivity index (χ3v) is 3.59. The second-order valence-electron chi connectivity index (χ2n) is 4.54. The number of halogens is 1. The van der Waals surface area contributed by atoms with Crippen LogP contribution in [-0.2, 0) is 17.6 Å². The highest BCUT2D eigenvalue weighted by molar-refractivity contribution is 6.17. The summed E-state index contributed by atoms with van der Waals surface area (Å²) >= 11 is 5.59. The minimum atomic E-state index is 0.139. The number of rotatable bonds is 4. The van der Waals surface area contributed by atoms with E-state index in [0.29, 0.717) is 12.4 Å². The number of fused-ring (bicyclic) bond motifs is 1. The molecule has 0 fully saturated rings. The quantitative estimate of drug-likeness (QED) is 0.647. The molecule has 3 heteroatoms. The molecular formula is C14H18ClNO. The lowest BCUT2D eigenvalue weighted by molar-refractivity contribution is -0.125. The molecule has 1 aromatic carbocycles. The standard InChI is InChI=1S/C14H18ClNO/c15-8-3-9-16-14(17)13-7-6-11-4-1-2-5-12(11)10-13/h1-2,4-5,13H,3,6-10H2,(H,16,17). The topological polar surface area (TPSA) is 29.1 Å². The molecule has 0 spiro atoms. The molecule has 1 N–H and O–H groups in total. The summed E-state index contributed by atoms with van der Waals surface area (Å²) < 4.78 is 0. The maximum atomic E-state index is 11.9. The molecule has 1 aliphatic rings. The van der Waals surface area contributed by atoms with Gasteiger partial charge in [-0.05, 0) is 36.8 Å². The predicted molar refractivity (Wildman–Crippen MR) is 70.3 cm³/mol. The Morgan fingerprint density at radius 1 is 1.35 bits per heavy atom. The van der Waals surface area contributed by atoms with Crippen LogP contribution < -0.4 is 5.32 Å². The summed E-state index contributed by atoms with van der Waals surface area (Å²) in [6.45, 7) is 0.695. The molecule has 1 aromatic rings. The Bertz CT molecular complexity index is 392. The fraction of sp³-hybridized carbons (Fsp3) is 0.500. The third kappa shape index (κ3) is 3.22. The molecule has 92 valence electrons. The number of benzene rings is 1. The van der Waals surface area contributed by atoms with Crippen LogP contribution in [0.4, 0.5) is 0 Å². The molecule has 0 saturated carbocycles. The van der Waals surface area contributed by atoms with Crippen molar-refractivity contribution in [1.82, 2.24) is 5.32 Å². The second kappa shape index (κ2) is 6.06.